The SMILES string of the molecule is O=C(O)C1(C2CCS(=O)(=O)C2)CC2CC2C1. The summed E-state index contributed by atoms with van der Waals surface area (Å²) in [6.07, 6.45) is 3.14. The summed E-state index contributed by atoms with van der Waals surface area (Å²) < 4.78 is 22.9. The number of carboxylic acids is 1. The molecule has 16 heavy (non-hydrogen) atoms. The van der Waals surface area contributed by atoms with Gasteiger partial charge in [-0.2, -0.15) is 0 Å². The van der Waals surface area contributed by atoms with Crippen molar-refractivity contribution >= 4 is 15.8 Å². The van der Waals surface area contributed by atoms with Crippen LogP contribution in [0.25, 0.3) is 0 Å². The van der Waals surface area contributed by atoms with Crippen LogP contribution in [0.2, 0.25) is 0 Å². The average Bonchev–Trinajstić information content (AvgIpc) is 2.64. The standard InChI is InChI=1S/C11H16O4S/c12-10(13)11(4-7-3-8(7)5-11)9-1-2-16(14,15)6-9/h7-9H,1-6H2,(H,12,13). The van der Waals surface area contributed by atoms with Crippen LogP contribution in [0.3, 0.4) is 0 Å². The van der Waals surface area contributed by atoms with Crippen molar-refractivity contribution in [2.24, 2.45) is 23.2 Å². The van der Waals surface area contributed by atoms with Gasteiger partial charge in [-0.25, -0.2) is 8.42 Å². The van der Waals surface area contributed by atoms with Gasteiger partial charge in [0.2, 0.25) is 0 Å². The predicted octanol–water partition coefficient (Wildman–Crippen LogP) is 0.922. The summed E-state index contributed by atoms with van der Waals surface area (Å²) in [7, 11) is -2.97. The summed E-state index contributed by atoms with van der Waals surface area (Å²) in [6.45, 7) is 0. The molecule has 3 rings (SSSR count). The normalized spacial score (nSPS) is 48.9. The van der Waals surface area contributed by atoms with Crippen LogP contribution >= 0.6 is 0 Å². The average molecular weight is 244 g/mol. The second-order valence-electron chi connectivity index (χ2n) is 5.73. The van der Waals surface area contributed by atoms with E-state index in [2.05, 4.69) is 0 Å². The highest BCUT2D eigenvalue weighted by atomic mass is 32.2. The van der Waals surface area contributed by atoms with Crippen LogP contribution in [0.5, 0.6) is 0 Å². The Bertz CT molecular complexity index is 429. The molecule has 1 N–H and O–H groups in total. The first-order valence-corrected chi connectivity index (χ1v) is 7.69. The summed E-state index contributed by atoms with van der Waals surface area (Å²) in [5.74, 6) is 0.518. The molecule has 90 valence electrons. The topological polar surface area (TPSA) is 71.4 Å². The van der Waals surface area contributed by atoms with Gasteiger partial charge in [-0.1, -0.05) is 0 Å². The summed E-state index contributed by atoms with van der Waals surface area (Å²) in [5.41, 5.74) is -0.711. The van der Waals surface area contributed by atoms with Crippen LogP contribution in [-0.4, -0.2) is 31.0 Å². The molecular weight excluding hydrogens is 228 g/mol. The van der Waals surface area contributed by atoms with E-state index in [4.69, 9.17) is 0 Å². The molecule has 2 aliphatic carbocycles. The molecule has 3 unspecified atom stereocenters. The Hall–Kier alpha value is -0.580. The lowest BCUT2D eigenvalue weighted by Crippen LogP contribution is -2.38. The van der Waals surface area contributed by atoms with Gasteiger partial charge < -0.3 is 5.11 Å². The first kappa shape index (κ1) is 10.6. The molecule has 0 aromatic rings. The zero-order valence-corrected chi connectivity index (χ0v) is 9.87. The molecule has 0 amide bonds. The number of rotatable bonds is 2. The van der Waals surface area contributed by atoms with Crippen molar-refractivity contribution in [3.63, 3.8) is 0 Å². The molecular formula is C11H16O4S. The molecule has 3 aliphatic rings. The smallest absolute Gasteiger partial charge is 0.309 e. The number of hydrogen-bond acceptors (Lipinski definition) is 3. The van der Waals surface area contributed by atoms with E-state index in [0.717, 1.165) is 6.42 Å². The summed E-state index contributed by atoms with van der Waals surface area (Å²) in [5, 5.41) is 9.44. The molecule has 4 nitrogen and oxygen atoms in total. The van der Waals surface area contributed by atoms with Crippen LogP contribution in [0.1, 0.15) is 25.7 Å². The van der Waals surface area contributed by atoms with Gasteiger partial charge in [0.1, 0.15) is 0 Å². The zero-order chi connectivity index (χ0) is 11.6. The molecule has 0 bridgehead atoms. The predicted molar refractivity (Wildman–Crippen MR) is 57.7 cm³/mol. The second kappa shape index (κ2) is 3.00. The second-order valence-corrected chi connectivity index (χ2v) is 7.95. The molecule has 1 saturated heterocycles. The summed E-state index contributed by atoms with van der Waals surface area (Å²) >= 11 is 0. The molecule has 0 spiro atoms. The van der Waals surface area contributed by atoms with Gasteiger partial charge in [0, 0.05) is 0 Å². The summed E-state index contributed by atoms with van der Waals surface area (Å²) in [4.78, 5) is 11.5. The molecule has 1 aliphatic heterocycles. The third-order valence-corrected chi connectivity index (χ3v) is 6.53. The molecule has 0 aromatic carbocycles. The monoisotopic (exact) mass is 244 g/mol. The van der Waals surface area contributed by atoms with E-state index in [1.807, 2.05) is 0 Å². The third kappa shape index (κ3) is 1.40. The number of carbonyl (C=O) groups is 1. The van der Waals surface area contributed by atoms with Crippen LogP contribution in [0, 0.1) is 23.2 Å². The van der Waals surface area contributed by atoms with Crippen LogP contribution in [-0.2, 0) is 14.6 Å². The maximum atomic E-state index is 11.5. The number of sulfone groups is 1. The molecule has 2 saturated carbocycles. The van der Waals surface area contributed by atoms with Crippen LogP contribution in [0.15, 0.2) is 0 Å². The fourth-order valence-corrected chi connectivity index (χ4v) is 5.65. The van der Waals surface area contributed by atoms with E-state index in [9.17, 15) is 18.3 Å². The van der Waals surface area contributed by atoms with Crippen LogP contribution in [0.4, 0.5) is 0 Å². The lowest BCUT2D eigenvalue weighted by molar-refractivity contribution is -0.152. The lowest BCUT2D eigenvalue weighted by Gasteiger charge is -2.31. The Morgan fingerprint density at radius 1 is 1.25 bits per heavy atom. The molecule has 5 heteroatoms. The highest BCUT2D eigenvalue weighted by Crippen LogP contribution is 2.63. The van der Waals surface area contributed by atoms with E-state index < -0.39 is 21.2 Å². The molecule has 0 radical (unpaired) electrons. The van der Waals surface area contributed by atoms with Gasteiger partial charge in [-0.3, -0.25) is 4.79 Å². The first-order valence-electron chi connectivity index (χ1n) is 5.87. The Labute approximate surface area is 95.0 Å². The number of fused-ring (bicyclic) bond motifs is 1. The Kier molecular flexibility index (Phi) is 1.98. The number of hydrogen-bond donors (Lipinski definition) is 1. The van der Waals surface area contributed by atoms with E-state index >= 15 is 0 Å². The van der Waals surface area contributed by atoms with Crippen molar-refractivity contribution in [1.82, 2.24) is 0 Å². The number of carboxylic acid groups (broad SMARTS) is 1. The Morgan fingerprint density at radius 2 is 1.88 bits per heavy atom. The summed E-state index contributed by atoms with van der Waals surface area (Å²) in [6, 6.07) is 0. The Balaban J connectivity index is 1.88. The molecule has 1 heterocycles. The van der Waals surface area contributed by atoms with Gasteiger partial charge in [0.15, 0.2) is 9.84 Å². The van der Waals surface area contributed by atoms with Gasteiger partial charge in [0.05, 0.1) is 16.9 Å². The maximum absolute atomic E-state index is 11.5. The minimum atomic E-state index is -2.97. The largest absolute Gasteiger partial charge is 0.481 e. The van der Waals surface area contributed by atoms with E-state index in [-0.39, 0.29) is 17.4 Å². The van der Waals surface area contributed by atoms with Crippen LogP contribution < -0.4 is 0 Å². The minimum absolute atomic E-state index is 0.0960. The molecule has 3 fully saturated rings. The van der Waals surface area contributed by atoms with E-state index in [1.165, 1.54) is 0 Å². The van der Waals surface area contributed by atoms with Crippen molar-refractivity contribution in [1.29, 1.82) is 0 Å². The zero-order valence-electron chi connectivity index (χ0n) is 9.05. The van der Waals surface area contributed by atoms with Crippen molar-refractivity contribution in [3.05, 3.63) is 0 Å². The minimum Gasteiger partial charge on any atom is -0.481 e. The molecule has 3 atom stereocenters. The first-order chi connectivity index (χ1) is 7.43. The highest BCUT2D eigenvalue weighted by Gasteiger charge is 2.61. The van der Waals surface area contributed by atoms with Crippen molar-refractivity contribution in [2.75, 3.05) is 11.5 Å². The quantitative estimate of drug-likeness (QED) is 0.784. The highest BCUT2D eigenvalue weighted by molar-refractivity contribution is 7.91. The van der Waals surface area contributed by atoms with Gasteiger partial charge >= 0.3 is 5.97 Å². The Morgan fingerprint density at radius 3 is 2.31 bits per heavy atom. The van der Waals surface area contributed by atoms with Gasteiger partial charge in [-0.15, -0.1) is 0 Å². The van der Waals surface area contributed by atoms with E-state index in [0.29, 0.717) is 31.1 Å². The van der Waals surface area contributed by atoms with E-state index in [1.54, 1.807) is 0 Å². The fourth-order valence-electron chi connectivity index (χ4n) is 3.74. The van der Waals surface area contributed by atoms with Crippen molar-refractivity contribution in [2.45, 2.75) is 25.7 Å². The molecule has 0 aromatic heterocycles. The van der Waals surface area contributed by atoms with Crippen molar-refractivity contribution in [3.8, 4) is 0 Å². The van der Waals surface area contributed by atoms with Gasteiger partial charge in [-0.05, 0) is 43.4 Å². The fraction of sp³-hybridized carbons (Fsp3) is 0.909. The lowest BCUT2D eigenvalue weighted by atomic mass is 9.71. The third-order valence-electron chi connectivity index (χ3n) is 4.76. The number of aliphatic carboxylic acids is 1. The van der Waals surface area contributed by atoms with Gasteiger partial charge in [0.25, 0.3) is 0 Å². The maximum Gasteiger partial charge on any atom is 0.309 e. The van der Waals surface area contributed by atoms with Crippen molar-refractivity contribution < 1.29 is 18.3 Å².